The van der Waals surface area contributed by atoms with Gasteiger partial charge in [-0.3, -0.25) is 10.1 Å². The summed E-state index contributed by atoms with van der Waals surface area (Å²) in [6.45, 7) is 4.16. The molecule has 0 spiro atoms. The van der Waals surface area contributed by atoms with E-state index in [1.807, 2.05) is 24.8 Å². The molecular weight excluding hydrogens is 454 g/mol. The minimum absolute atomic E-state index is 0.580. The van der Waals surface area contributed by atoms with Crippen molar-refractivity contribution in [3.8, 4) is 33.6 Å². The fourth-order valence-corrected chi connectivity index (χ4v) is 5.14. The maximum Gasteiger partial charge on any atom is 0.181 e. The monoisotopic (exact) mass is 475 g/mol. The van der Waals surface area contributed by atoms with Crippen LogP contribution in [0.1, 0.15) is 12.8 Å². The number of allylic oxidation sites excluding steroid dienone is 1. The Labute approximate surface area is 205 Å². The molecule has 0 aliphatic heterocycles. The van der Waals surface area contributed by atoms with Gasteiger partial charge in [-0.25, -0.2) is 9.97 Å². The van der Waals surface area contributed by atoms with Crippen molar-refractivity contribution in [3.63, 3.8) is 0 Å². The Bertz CT molecular complexity index is 1710. The van der Waals surface area contributed by atoms with E-state index >= 15 is 0 Å². The average molecular weight is 476 g/mol. The molecule has 1 fully saturated rings. The lowest BCUT2D eigenvalue weighted by molar-refractivity contribution is 1.02. The van der Waals surface area contributed by atoms with Crippen molar-refractivity contribution in [2.24, 2.45) is 5.92 Å². The van der Waals surface area contributed by atoms with Crippen LogP contribution in [-0.4, -0.2) is 30.1 Å². The zero-order valence-electron chi connectivity index (χ0n) is 18.7. The molecule has 0 atom stereocenters. The van der Waals surface area contributed by atoms with Crippen molar-refractivity contribution >= 4 is 39.1 Å². The number of hydrogen-bond donors (Lipinski definition) is 3. The molecule has 8 heteroatoms. The van der Waals surface area contributed by atoms with Gasteiger partial charge in [0.05, 0.1) is 23.3 Å². The fraction of sp³-hybridized carbons (Fsp3) is 0.111. The second-order valence-corrected chi connectivity index (χ2v) is 9.68. The lowest BCUT2D eigenvalue weighted by atomic mass is 10.1. The summed E-state index contributed by atoms with van der Waals surface area (Å²) in [6, 6.07) is 10.5. The topological polar surface area (TPSA) is 95.2 Å². The number of thiophene rings is 1. The molecule has 0 saturated heterocycles. The number of hydrogen-bond acceptors (Lipinski definition) is 6. The minimum atomic E-state index is 0.580. The number of fused-ring (bicyclic) bond motifs is 2. The van der Waals surface area contributed by atoms with Gasteiger partial charge in [0.2, 0.25) is 0 Å². The number of H-pyrrole nitrogens is 2. The van der Waals surface area contributed by atoms with Crippen molar-refractivity contribution in [2.75, 3.05) is 5.32 Å². The van der Waals surface area contributed by atoms with Crippen LogP contribution in [0.4, 0.5) is 5.69 Å². The van der Waals surface area contributed by atoms with Crippen molar-refractivity contribution in [1.29, 1.82) is 0 Å². The summed E-state index contributed by atoms with van der Waals surface area (Å²) in [5.41, 5.74) is 9.62. The Balaban J connectivity index is 1.29. The summed E-state index contributed by atoms with van der Waals surface area (Å²) in [6.07, 6.45) is 9.78. The number of aromatic amines is 2. The second kappa shape index (κ2) is 7.89. The van der Waals surface area contributed by atoms with Gasteiger partial charge >= 0.3 is 0 Å². The number of nitrogens with one attached hydrogen (secondary N) is 3. The molecule has 0 amide bonds. The first kappa shape index (κ1) is 20.1. The van der Waals surface area contributed by atoms with Crippen molar-refractivity contribution < 1.29 is 0 Å². The molecule has 1 aliphatic rings. The van der Waals surface area contributed by atoms with Gasteiger partial charge in [0.1, 0.15) is 5.65 Å². The first-order chi connectivity index (χ1) is 17.2. The Hall–Kier alpha value is -4.30. The van der Waals surface area contributed by atoms with E-state index in [4.69, 9.17) is 0 Å². The van der Waals surface area contributed by atoms with Gasteiger partial charge in [0.15, 0.2) is 5.65 Å². The lowest BCUT2D eigenvalue weighted by Gasteiger charge is -2.09. The van der Waals surface area contributed by atoms with Gasteiger partial charge in [0, 0.05) is 46.2 Å². The van der Waals surface area contributed by atoms with Gasteiger partial charge in [0.25, 0.3) is 0 Å². The highest BCUT2D eigenvalue weighted by molar-refractivity contribution is 7.08. The summed E-state index contributed by atoms with van der Waals surface area (Å²) in [5.74, 6) is 0.580. The van der Waals surface area contributed by atoms with Crippen LogP contribution in [0.25, 0.3) is 55.7 Å². The Kier molecular flexibility index (Phi) is 4.53. The number of rotatable bonds is 6. The Morgan fingerprint density at radius 2 is 1.91 bits per heavy atom. The molecular formula is C27H21N7S. The zero-order chi connectivity index (χ0) is 23.4. The van der Waals surface area contributed by atoms with Gasteiger partial charge < -0.3 is 10.3 Å². The fourth-order valence-electron chi connectivity index (χ4n) is 4.48. The van der Waals surface area contributed by atoms with Crippen LogP contribution in [0, 0.1) is 5.92 Å². The summed E-state index contributed by atoms with van der Waals surface area (Å²) in [7, 11) is 0. The molecule has 3 N–H and O–H groups in total. The maximum absolute atomic E-state index is 4.61. The average Bonchev–Trinajstić information content (AvgIpc) is 3.26. The SMILES string of the molecule is C=C(Nc1cncc(-c2cnc3n[nH]c(-c4cc5c(-c6ccsc6)ccnc5[nH]4)c3c2)c1)C1CC1. The molecule has 6 heterocycles. The normalized spacial score (nSPS) is 13.5. The van der Waals surface area contributed by atoms with Crippen LogP contribution in [0.3, 0.4) is 0 Å². The van der Waals surface area contributed by atoms with Crippen molar-refractivity contribution in [3.05, 3.63) is 78.2 Å². The number of nitrogens with zero attached hydrogens (tertiary/aromatic N) is 4. The number of aromatic nitrogens is 6. The first-order valence-electron chi connectivity index (χ1n) is 11.5. The van der Waals surface area contributed by atoms with Gasteiger partial charge in [-0.05, 0) is 71.0 Å². The quantitative estimate of drug-likeness (QED) is 0.251. The maximum atomic E-state index is 4.61. The Morgan fingerprint density at radius 1 is 1.00 bits per heavy atom. The van der Waals surface area contributed by atoms with E-state index in [0.717, 1.165) is 55.9 Å². The number of anilines is 1. The van der Waals surface area contributed by atoms with Crippen LogP contribution in [-0.2, 0) is 0 Å². The highest BCUT2D eigenvalue weighted by Crippen LogP contribution is 2.37. The smallest absolute Gasteiger partial charge is 0.181 e. The summed E-state index contributed by atoms with van der Waals surface area (Å²) < 4.78 is 0. The third-order valence-electron chi connectivity index (χ3n) is 6.49. The van der Waals surface area contributed by atoms with Gasteiger partial charge in [-0.2, -0.15) is 16.4 Å². The van der Waals surface area contributed by atoms with Crippen LogP contribution < -0.4 is 5.32 Å². The van der Waals surface area contributed by atoms with E-state index in [1.54, 1.807) is 11.3 Å². The number of pyridine rings is 3. The van der Waals surface area contributed by atoms with E-state index in [2.05, 4.69) is 83.1 Å². The molecule has 7 rings (SSSR count). The summed E-state index contributed by atoms with van der Waals surface area (Å²) >= 11 is 1.69. The highest BCUT2D eigenvalue weighted by atomic mass is 32.1. The van der Waals surface area contributed by atoms with Crippen LogP contribution >= 0.6 is 11.3 Å². The van der Waals surface area contributed by atoms with E-state index in [1.165, 1.54) is 18.4 Å². The molecule has 6 aromatic rings. The minimum Gasteiger partial charge on any atom is -0.358 e. The van der Waals surface area contributed by atoms with Crippen LogP contribution in [0.2, 0.25) is 0 Å². The first-order valence-corrected chi connectivity index (χ1v) is 12.4. The third kappa shape index (κ3) is 3.59. The molecule has 170 valence electrons. The Morgan fingerprint density at radius 3 is 2.77 bits per heavy atom. The molecule has 1 saturated carbocycles. The standard InChI is InChI=1S/C27H21N7S/c1-15(16-2-3-16)31-20-8-18(11-28-13-20)19-9-23-25(33-34-27(23)30-12-19)24-10-22-21(17-5-7-35-14-17)4-6-29-26(22)32-24/h4-14,16,31H,1-3H2,(H,29,32)(H,30,33,34). The predicted molar refractivity (Wildman–Crippen MR) is 141 cm³/mol. The van der Waals surface area contributed by atoms with E-state index < -0.39 is 0 Å². The van der Waals surface area contributed by atoms with Gasteiger partial charge in [-0.15, -0.1) is 0 Å². The molecule has 0 bridgehead atoms. The van der Waals surface area contributed by atoms with E-state index in [-0.39, 0.29) is 0 Å². The third-order valence-corrected chi connectivity index (χ3v) is 7.17. The van der Waals surface area contributed by atoms with E-state index in [9.17, 15) is 0 Å². The van der Waals surface area contributed by atoms with Gasteiger partial charge in [-0.1, -0.05) is 6.58 Å². The summed E-state index contributed by atoms with van der Waals surface area (Å²) in [4.78, 5) is 17.1. The largest absolute Gasteiger partial charge is 0.358 e. The van der Waals surface area contributed by atoms with Crippen LogP contribution in [0.5, 0.6) is 0 Å². The molecule has 0 radical (unpaired) electrons. The summed E-state index contributed by atoms with van der Waals surface area (Å²) in [5, 5.41) is 17.3. The molecule has 0 aromatic carbocycles. The molecule has 35 heavy (non-hydrogen) atoms. The lowest BCUT2D eigenvalue weighted by Crippen LogP contribution is -2.00. The highest BCUT2D eigenvalue weighted by Gasteiger charge is 2.24. The predicted octanol–water partition coefficient (Wildman–Crippen LogP) is 6.63. The molecule has 0 unspecified atom stereocenters. The van der Waals surface area contributed by atoms with E-state index in [0.29, 0.717) is 11.6 Å². The van der Waals surface area contributed by atoms with Crippen molar-refractivity contribution in [1.82, 2.24) is 30.1 Å². The van der Waals surface area contributed by atoms with Crippen LogP contribution in [0.15, 0.2) is 78.2 Å². The molecule has 6 aromatic heterocycles. The molecule has 1 aliphatic carbocycles. The molecule has 7 nitrogen and oxygen atoms in total. The zero-order valence-corrected chi connectivity index (χ0v) is 19.6. The van der Waals surface area contributed by atoms with Crippen molar-refractivity contribution in [2.45, 2.75) is 12.8 Å². The second-order valence-electron chi connectivity index (χ2n) is 8.90.